The second-order valence-electron chi connectivity index (χ2n) is 5.95. The Bertz CT molecular complexity index is 259. The van der Waals surface area contributed by atoms with E-state index in [4.69, 9.17) is 10.5 Å². The summed E-state index contributed by atoms with van der Waals surface area (Å²) >= 11 is 0. The SMILES string of the molecule is CC1CC(N)CC(C(=O)N(C)CCOC(C)C)C1. The lowest BCUT2D eigenvalue weighted by Gasteiger charge is -2.33. The van der Waals surface area contributed by atoms with Crippen LogP contribution in [0.4, 0.5) is 0 Å². The summed E-state index contributed by atoms with van der Waals surface area (Å²) in [4.78, 5) is 14.1. The lowest BCUT2D eigenvalue weighted by atomic mass is 9.79. The van der Waals surface area contributed by atoms with Crippen LogP contribution in [0.3, 0.4) is 0 Å². The van der Waals surface area contributed by atoms with Crippen LogP contribution in [0.5, 0.6) is 0 Å². The average molecular weight is 256 g/mol. The van der Waals surface area contributed by atoms with Gasteiger partial charge < -0.3 is 15.4 Å². The number of amides is 1. The summed E-state index contributed by atoms with van der Waals surface area (Å²) in [7, 11) is 1.86. The fourth-order valence-corrected chi connectivity index (χ4v) is 2.71. The maximum atomic E-state index is 12.3. The van der Waals surface area contributed by atoms with Crippen LogP contribution in [0.2, 0.25) is 0 Å². The van der Waals surface area contributed by atoms with Gasteiger partial charge in [-0.2, -0.15) is 0 Å². The highest BCUT2D eigenvalue weighted by Crippen LogP contribution is 2.29. The molecule has 0 bridgehead atoms. The molecule has 0 aromatic rings. The van der Waals surface area contributed by atoms with Crippen molar-refractivity contribution in [2.24, 2.45) is 17.6 Å². The fraction of sp³-hybridized carbons (Fsp3) is 0.929. The van der Waals surface area contributed by atoms with Crippen molar-refractivity contribution in [1.82, 2.24) is 4.90 Å². The first kappa shape index (κ1) is 15.4. The van der Waals surface area contributed by atoms with E-state index in [1.165, 1.54) is 0 Å². The number of carbonyl (C=O) groups is 1. The maximum absolute atomic E-state index is 12.3. The Kier molecular flexibility index (Phi) is 6.09. The first-order chi connectivity index (χ1) is 8.40. The molecule has 0 aromatic heterocycles. The number of rotatable bonds is 5. The highest BCUT2D eigenvalue weighted by Gasteiger charge is 2.30. The van der Waals surface area contributed by atoms with Crippen molar-refractivity contribution in [1.29, 1.82) is 0 Å². The summed E-state index contributed by atoms with van der Waals surface area (Å²) in [5.41, 5.74) is 6.00. The predicted molar refractivity (Wildman–Crippen MR) is 73.2 cm³/mol. The second-order valence-corrected chi connectivity index (χ2v) is 5.95. The lowest BCUT2D eigenvalue weighted by Crippen LogP contribution is -2.42. The third kappa shape index (κ3) is 4.94. The van der Waals surface area contributed by atoms with E-state index in [9.17, 15) is 4.79 Å². The molecule has 0 spiro atoms. The van der Waals surface area contributed by atoms with Crippen molar-refractivity contribution >= 4 is 5.91 Å². The van der Waals surface area contributed by atoms with Crippen molar-refractivity contribution in [2.45, 2.75) is 52.2 Å². The van der Waals surface area contributed by atoms with E-state index in [1.54, 1.807) is 4.90 Å². The number of hydrogen-bond donors (Lipinski definition) is 1. The molecule has 1 amide bonds. The standard InChI is InChI=1S/C14H28N2O2/c1-10(2)18-6-5-16(4)14(17)12-7-11(3)8-13(15)9-12/h10-13H,5-9,15H2,1-4H3. The molecule has 3 atom stereocenters. The first-order valence-corrected chi connectivity index (χ1v) is 7.02. The van der Waals surface area contributed by atoms with E-state index in [-0.39, 0.29) is 24.0 Å². The van der Waals surface area contributed by atoms with Gasteiger partial charge in [-0.05, 0) is 39.0 Å². The first-order valence-electron chi connectivity index (χ1n) is 7.02. The number of ether oxygens (including phenoxy) is 1. The number of likely N-dealkylation sites (N-methyl/N-ethyl adjacent to an activating group) is 1. The zero-order valence-electron chi connectivity index (χ0n) is 12.2. The van der Waals surface area contributed by atoms with Crippen molar-refractivity contribution < 1.29 is 9.53 Å². The Hall–Kier alpha value is -0.610. The van der Waals surface area contributed by atoms with Gasteiger partial charge in [0, 0.05) is 25.6 Å². The third-order valence-electron chi connectivity index (χ3n) is 3.58. The van der Waals surface area contributed by atoms with Crippen molar-refractivity contribution in [3.05, 3.63) is 0 Å². The van der Waals surface area contributed by atoms with Crippen LogP contribution in [0.1, 0.15) is 40.0 Å². The molecule has 0 heterocycles. The molecule has 1 aliphatic rings. The Labute approximate surface area is 111 Å². The summed E-state index contributed by atoms with van der Waals surface area (Å²) in [6.45, 7) is 7.46. The number of carbonyl (C=O) groups excluding carboxylic acids is 1. The van der Waals surface area contributed by atoms with Crippen molar-refractivity contribution in [3.63, 3.8) is 0 Å². The van der Waals surface area contributed by atoms with Crippen LogP contribution in [0.15, 0.2) is 0 Å². The third-order valence-corrected chi connectivity index (χ3v) is 3.58. The van der Waals surface area contributed by atoms with Crippen LogP contribution >= 0.6 is 0 Å². The van der Waals surface area contributed by atoms with Crippen molar-refractivity contribution in [2.75, 3.05) is 20.2 Å². The minimum absolute atomic E-state index is 0.104. The monoisotopic (exact) mass is 256 g/mol. The molecule has 18 heavy (non-hydrogen) atoms. The molecule has 0 radical (unpaired) electrons. The molecule has 4 heteroatoms. The predicted octanol–water partition coefficient (Wildman–Crippen LogP) is 1.63. The quantitative estimate of drug-likeness (QED) is 0.813. The molecule has 4 nitrogen and oxygen atoms in total. The lowest BCUT2D eigenvalue weighted by molar-refractivity contribution is -0.136. The maximum Gasteiger partial charge on any atom is 0.225 e. The summed E-state index contributed by atoms with van der Waals surface area (Å²) in [6, 6.07) is 0.183. The molecular formula is C14H28N2O2. The van der Waals surface area contributed by atoms with E-state index in [0.29, 0.717) is 19.1 Å². The topological polar surface area (TPSA) is 55.6 Å². The molecule has 0 saturated heterocycles. The number of nitrogens with two attached hydrogens (primary N) is 1. The molecule has 1 aliphatic carbocycles. The van der Waals surface area contributed by atoms with E-state index in [1.807, 2.05) is 20.9 Å². The van der Waals surface area contributed by atoms with Crippen LogP contribution in [0.25, 0.3) is 0 Å². The summed E-state index contributed by atoms with van der Waals surface area (Å²) in [6.07, 6.45) is 3.07. The highest BCUT2D eigenvalue weighted by atomic mass is 16.5. The van der Waals surface area contributed by atoms with Gasteiger partial charge in [0.25, 0.3) is 0 Å². The van der Waals surface area contributed by atoms with Crippen molar-refractivity contribution in [3.8, 4) is 0 Å². The van der Waals surface area contributed by atoms with Gasteiger partial charge >= 0.3 is 0 Å². The van der Waals surface area contributed by atoms with Gasteiger partial charge in [0.2, 0.25) is 5.91 Å². The van der Waals surface area contributed by atoms with Gasteiger partial charge in [-0.1, -0.05) is 6.92 Å². The molecular weight excluding hydrogens is 228 g/mol. The molecule has 2 N–H and O–H groups in total. The zero-order valence-corrected chi connectivity index (χ0v) is 12.2. The number of hydrogen-bond acceptors (Lipinski definition) is 3. The molecule has 3 unspecified atom stereocenters. The van der Waals surface area contributed by atoms with Gasteiger partial charge in [-0.15, -0.1) is 0 Å². The minimum atomic E-state index is 0.104. The largest absolute Gasteiger partial charge is 0.377 e. The Morgan fingerprint density at radius 2 is 2.06 bits per heavy atom. The van der Waals surface area contributed by atoms with E-state index in [2.05, 4.69) is 6.92 Å². The Balaban J connectivity index is 2.38. The minimum Gasteiger partial charge on any atom is -0.377 e. The van der Waals surface area contributed by atoms with Gasteiger partial charge in [0.1, 0.15) is 0 Å². The van der Waals surface area contributed by atoms with E-state index >= 15 is 0 Å². The highest BCUT2D eigenvalue weighted by molar-refractivity contribution is 5.78. The van der Waals surface area contributed by atoms with Gasteiger partial charge in [-0.3, -0.25) is 4.79 Å². The molecule has 0 aromatic carbocycles. The summed E-state index contributed by atoms with van der Waals surface area (Å²) in [5, 5.41) is 0. The number of nitrogens with zero attached hydrogens (tertiary/aromatic N) is 1. The second kappa shape index (κ2) is 7.10. The summed E-state index contributed by atoms with van der Waals surface area (Å²) in [5.74, 6) is 0.889. The molecule has 1 saturated carbocycles. The van der Waals surface area contributed by atoms with E-state index in [0.717, 1.165) is 19.3 Å². The molecule has 1 rings (SSSR count). The molecule has 1 fully saturated rings. The van der Waals surface area contributed by atoms with E-state index < -0.39 is 0 Å². The normalized spacial score (nSPS) is 28.4. The summed E-state index contributed by atoms with van der Waals surface area (Å²) < 4.78 is 5.47. The van der Waals surface area contributed by atoms with Crippen LogP contribution in [0, 0.1) is 11.8 Å². The average Bonchev–Trinajstić information content (AvgIpc) is 2.26. The van der Waals surface area contributed by atoms with Crippen LogP contribution in [-0.2, 0) is 9.53 Å². The van der Waals surface area contributed by atoms with Gasteiger partial charge in [-0.25, -0.2) is 0 Å². The van der Waals surface area contributed by atoms with Gasteiger partial charge in [0.05, 0.1) is 12.7 Å². The Morgan fingerprint density at radius 1 is 1.39 bits per heavy atom. The fourth-order valence-electron chi connectivity index (χ4n) is 2.71. The van der Waals surface area contributed by atoms with Crippen LogP contribution in [-0.4, -0.2) is 43.2 Å². The van der Waals surface area contributed by atoms with Gasteiger partial charge in [0.15, 0.2) is 0 Å². The van der Waals surface area contributed by atoms with Crippen LogP contribution < -0.4 is 5.73 Å². The molecule has 0 aliphatic heterocycles. The zero-order chi connectivity index (χ0) is 13.7. The smallest absolute Gasteiger partial charge is 0.225 e. The Morgan fingerprint density at radius 3 is 2.61 bits per heavy atom. The molecule has 106 valence electrons.